The Morgan fingerprint density at radius 1 is 1.83 bits per heavy atom. The fourth-order valence-corrected chi connectivity index (χ4v) is 0.816. The standard InChI is InChI=1S/C7H8N2O2S/c1-11-7(10)3-2-6-8-4-5-9(6)12/h2-5,12H,1H3. The molecule has 0 saturated carbocycles. The monoisotopic (exact) mass is 184 g/mol. The van der Waals surface area contributed by atoms with Crippen LogP contribution >= 0.6 is 12.8 Å². The first kappa shape index (κ1) is 8.86. The van der Waals surface area contributed by atoms with E-state index in [1.54, 1.807) is 12.4 Å². The predicted molar refractivity (Wildman–Crippen MR) is 47.7 cm³/mol. The van der Waals surface area contributed by atoms with Crippen molar-refractivity contribution in [1.82, 2.24) is 8.96 Å². The first-order valence-electron chi connectivity index (χ1n) is 3.22. The van der Waals surface area contributed by atoms with Crippen molar-refractivity contribution in [3.05, 3.63) is 24.3 Å². The smallest absolute Gasteiger partial charge is 0.330 e. The van der Waals surface area contributed by atoms with Gasteiger partial charge in [-0.3, -0.25) is 3.97 Å². The number of carbonyl (C=O) groups is 1. The van der Waals surface area contributed by atoms with Crippen molar-refractivity contribution in [3.63, 3.8) is 0 Å². The minimum absolute atomic E-state index is 0.411. The molecule has 0 fully saturated rings. The van der Waals surface area contributed by atoms with Crippen molar-refractivity contribution in [2.75, 3.05) is 7.11 Å². The predicted octanol–water partition coefficient (Wildman–Crippen LogP) is 0.762. The summed E-state index contributed by atoms with van der Waals surface area (Å²) < 4.78 is 5.90. The van der Waals surface area contributed by atoms with E-state index in [4.69, 9.17) is 0 Å². The summed E-state index contributed by atoms with van der Waals surface area (Å²) in [7, 11) is 1.32. The molecule has 1 aromatic rings. The van der Waals surface area contributed by atoms with Crippen LogP contribution in [0.2, 0.25) is 0 Å². The van der Waals surface area contributed by atoms with E-state index in [0.717, 1.165) is 0 Å². The Morgan fingerprint density at radius 3 is 3.08 bits per heavy atom. The van der Waals surface area contributed by atoms with E-state index in [0.29, 0.717) is 5.82 Å². The fraction of sp³-hybridized carbons (Fsp3) is 0.143. The summed E-state index contributed by atoms with van der Waals surface area (Å²) in [4.78, 5) is 14.6. The zero-order valence-electron chi connectivity index (χ0n) is 6.47. The van der Waals surface area contributed by atoms with Crippen LogP contribution in [0.5, 0.6) is 0 Å². The van der Waals surface area contributed by atoms with E-state index >= 15 is 0 Å². The second kappa shape index (κ2) is 3.96. The van der Waals surface area contributed by atoms with Crippen LogP contribution < -0.4 is 0 Å². The number of ether oxygens (including phenoxy) is 1. The number of thiol groups is 1. The Morgan fingerprint density at radius 2 is 2.58 bits per heavy atom. The Hall–Kier alpha value is -1.23. The second-order valence-electron chi connectivity index (χ2n) is 1.99. The van der Waals surface area contributed by atoms with Crippen LogP contribution in [0.3, 0.4) is 0 Å². The molecule has 4 nitrogen and oxygen atoms in total. The van der Waals surface area contributed by atoms with Gasteiger partial charge in [0.2, 0.25) is 0 Å². The molecular formula is C7H8N2O2S. The molecule has 0 N–H and O–H groups in total. The summed E-state index contributed by atoms with van der Waals surface area (Å²) in [6.45, 7) is 0. The highest BCUT2D eigenvalue weighted by atomic mass is 32.1. The van der Waals surface area contributed by atoms with Gasteiger partial charge >= 0.3 is 5.97 Å². The van der Waals surface area contributed by atoms with Gasteiger partial charge in [0.1, 0.15) is 5.82 Å². The van der Waals surface area contributed by atoms with Gasteiger partial charge in [0, 0.05) is 18.5 Å². The number of carbonyl (C=O) groups excluding carboxylic acids is 1. The molecule has 0 bridgehead atoms. The highest BCUT2D eigenvalue weighted by Crippen LogP contribution is 2.01. The molecule has 1 aromatic heterocycles. The number of nitrogens with zero attached hydrogens (tertiary/aromatic N) is 2. The van der Waals surface area contributed by atoms with E-state index in [-0.39, 0.29) is 0 Å². The summed E-state index contributed by atoms with van der Waals surface area (Å²) in [5, 5.41) is 0. The number of esters is 1. The zero-order chi connectivity index (χ0) is 8.97. The molecule has 0 aromatic carbocycles. The largest absolute Gasteiger partial charge is 0.466 e. The van der Waals surface area contributed by atoms with Gasteiger partial charge < -0.3 is 4.74 Å². The molecule has 0 aliphatic rings. The zero-order valence-corrected chi connectivity index (χ0v) is 7.36. The number of methoxy groups -OCH3 is 1. The molecule has 1 rings (SSSR count). The summed E-state index contributed by atoms with van der Waals surface area (Å²) in [5.74, 6) is 0.176. The maximum absolute atomic E-state index is 10.6. The fourth-order valence-electron chi connectivity index (χ4n) is 0.638. The third-order valence-corrected chi connectivity index (χ3v) is 1.56. The van der Waals surface area contributed by atoms with Crippen LogP contribution in [0, 0.1) is 0 Å². The topological polar surface area (TPSA) is 44.1 Å². The molecule has 0 atom stereocenters. The number of imidazole rings is 1. The highest BCUT2D eigenvalue weighted by Gasteiger charge is 1.95. The quantitative estimate of drug-likeness (QED) is 0.419. The average Bonchev–Trinajstić information content (AvgIpc) is 2.47. The van der Waals surface area contributed by atoms with E-state index < -0.39 is 5.97 Å². The summed E-state index contributed by atoms with van der Waals surface area (Å²) in [6.07, 6.45) is 6.07. The van der Waals surface area contributed by atoms with Gasteiger partial charge in [-0.05, 0) is 6.08 Å². The number of rotatable bonds is 2. The maximum Gasteiger partial charge on any atom is 0.330 e. The van der Waals surface area contributed by atoms with Crippen LogP contribution in [0.15, 0.2) is 18.5 Å². The summed E-state index contributed by atoms with van der Waals surface area (Å²) in [6, 6.07) is 0. The van der Waals surface area contributed by atoms with Crippen LogP contribution in [0.1, 0.15) is 5.82 Å². The van der Waals surface area contributed by atoms with Crippen LogP contribution in [-0.2, 0) is 9.53 Å². The Kier molecular flexibility index (Phi) is 2.93. The minimum atomic E-state index is -0.411. The molecule has 0 spiro atoms. The maximum atomic E-state index is 10.6. The highest BCUT2D eigenvalue weighted by molar-refractivity contribution is 7.78. The van der Waals surface area contributed by atoms with Crippen molar-refractivity contribution < 1.29 is 9.53 Å². The third kappa shape index (κ3) is 2.13. The van der Waals surface area contributed by atoms with Crippen molar-refractivity contribution in [1.29, 1.82) is 0 Å². The van der Waals surface area contributed by atoms with Crippen molar-refractivity contribution in [2.24, 2.45) is 0 Å². The van der Waals surface area contributed by atoms with Gasteiger partial charge in [-0.25, -0.2) is 9.78 Å². The molecule has 12 heavy (non-hydrogen) atoms. The number of hydrogen-bond donors (Lipinski definition) is 1. The van der Waals surface area contributed by atoms with Gasteiger partial charge in [-0.1, -0.05) is 12.8 Å². The molecule has 1 heterocycles. The summed E-state index contributed by atoms with van der Waals surface area (Å²) >= 11 is 4.03. The van der Waals surface area contributed by atoms with Gasteiger partial charge in [0.15, 0.2) is 0 Å². The van der Waals surface area contributed by atoms with E-state index in [2.05, 4.69) is 22.5 Å². The Balaban J connectivity index is 2.69. The molecule has 0 aliphatic carbocycles. The van der Waals surface area contributed by atoms with E-state index in [1.165, 1.54) is 23.2 Å². The molecule has 0 amide bonds. The van der Waals surface area contributed by atoms with Crippen LogP contribution in [0.4, 0.5) is 0 Å². The second-order valence-corrected chi connectivity index (χ2v) is 2.42. The van der Waals surface area contributed by atoms with E-state index in [9.17, 15) is 4.79 Å². The van der Waals surface area contributed by atoms with Crippen LogP contribution in [0.25, 0.3) is 6.08 Å². The van der Waals surface area contributed by atoms with Gasteiger partial charge in [-0.2, -0.15) is 0 Å². The van der Waals surface area contributed by atoms with E-state index in [1.807, 2.05) is 0 Å². The SMILES string of the molecule is COC(=O)C=Cc1nccn1S. The molecule has 0 aliphatic heterocycles. The van der Waals surface area contributed by atoms with Crippen LogP contribution in [-0.4, -0.2) is 22.0 Å². The van der Waals surface area contributed by atoms with Crippen molar-refractivity contribution >= 4 is 24.9 Å². The van der Waals surface area contributed by atoms with Gasteiger partial charge in [0.05, 0.1) is 7.11 Å². The molecular weight excluding hydrogens is 176 g/mol. The minimum Gasteiger partial charge on any atom is -0.466 e. The van der Waals surface area contributed by atoms with Gasteiger partial charge in [0.25, 0.3) is 0 Å². The normalized spacial score (nSPS) is 10.5. The molecule has 0 radical (unpaired) electrons. The lowest BCUT2D eigenvalue weighted by atomic mass is 10.5. The number of aromatic nitrogens is 2. The molecule has 0 saturated heterocycles. The first-order chi connectivity index (χ1) is 5.74. The lowest BCUT2D eigenvalue weighted by molar-refractivity contribution is -0.134. The van der Waals surface area contributed by atoms with Gasteiger partial charge in [-0.15, -0.1) is 0 Å². The third-order valence-electron chi connectivity index (χ3n) is 1.22. The first-order valence-corrected chi connectivity index (χ1v) is 3.62. The van der Waals surface area contributed by atoms with Crippen molar-refractivity contribution in [3.8, 4) is 0 Å². The Bertz CT molecular complexity index is 306. The average molecular weight is 184 g/mol. The molecule has 64 valence electrons. The Labute approximate surface area is 75.4 Å². The summed E-state index contributed by atoms with van der Waals surface area (Å²) in [5.41, 5.74) is 0. The molecule has 5 heteroatoms. The number of hydrogen-bond acceptors (Lipinski definition) is 4. The molecule has 0 unspecified atom stereocenters. The lowest BCUT2D eigenvalue weighted by Gasteiger charge is -1.91. The van der Waals surface area contributed by atoms with Crippen molar-refractivity contribution in [2.45, 2.75) is 0 Å². The lowest BCUT2D eigenvalue weighted by Crippen LogP contribution is -1.94.